The maximum atomic E-state index is 5.26. The van der Waals surface area contributed by atoms with E-state index in [1.807, 2.05) is 0 Å². The number of aryl methyl sites for hydroxylation is 1. The summed E-state index contributed by atoms with van der Waals surface area (Å²) in [6, 6.07) is 0.500. The van der Waals surface area contributed by atoms with Gasteiger partial charge in [-0.05, 0) is 0 Å². The van der Waals surface area contributed by atoms with Crippen LogP contribution in [0.2, 0.25) is 0 Å². The summed E-state index contributed by atoms with van der Waals surface area (Å²) >= 11 is 0. The van der Waals surface area contributed by atoms with E-state index in [9.17, 15) is 0 Å². The van der Waals surface area contributed by atoms with E-state index >= 15 is 0 Å². The number of nitrogens with one attached hydrogen (secondary N) is 1. The lowest BCUT2D eigenvalue weighted by atomic mass is 10.2. The second-order valence-corrected chi connectivity index (χ2v) is 3.19. The van der Waals surface area contributed by atoms with Gasteiger partial charge in [0.05, 0.1) is 19.3 Å². The SMILES string of the molecule is CO[C@H]1COC[C@@H]1Nc1nnc(C)o1. The minimum Gasteiger partial charge on any atom is -0.408 e. The lowest BCUT2D eigenvalue weighted by Crippen LogP contribution is -2.33. The van der Waals surface area contributed by atoms with Crippen LogP contribution < -0.4 is 5.32 Å². The number of hydrogen-bond donors (Lipinski definition) is 1. The smallest absolute Gasteiger partial charge is 0.315 e. The molecule has 0 radical (unpaired) electrons. The number of ether oxygens (including phenoxy) is 2. The summed E-state index contributed by atoms with van der Waals surface area (Å²) < 4.78 is 15.7. The van der Waals surface area contributed by atoms with E-state index in [0.717, 1.165) is 0 Å². The summed E-state index contributed by atoms with van der Waals surface area (Å²) in [6.45, 7) is 2.94. The van der Waals surface area contributed by atoms with Crippen LogP contribution in [0.5, 0.6) is 0 Å². The summed E-state index contributed by atoms with van der Waals surface area (Å²) in [7, 11) is 1.66. The average Bonchev–Trinajstić information content (AvgIpc) is 2.76. The normalized spacial score (nSPS) is 26.7. The second kappa shape index (κ2) is 3.93. The molecule has 0 aromatic carbocycles. The predicted octanol–water partition coefficient (Wildman–Crippen LogP) is 0.204. The fraction of sp³-hybridized carbons (Fsp3) is 0.750. The number of hydrogen-bond acceptors (Lipinski definition) is 6. The third-order valence-electron chi connectivity index (χ3n) is 2.17. The number of methoxy groups -OCH3 is 1. The van der Waals surface area contributed by atoms with Gasteiger partial charge >= 0.3 is 6.01 Å². The molecule has 2 heterocycles. The van der Waals surface area contributed by atoms with Gasteiger partial charge in [-0.1, -0.05) is 5.10 Å². The molecule has 1 fully saturated rings. The number of rotatable bonds is 3. The molecule has 2 atom stereocenters. The van der Waals surface area contributed by atoms with Gasteiger partial charge in [-0.15, -0.1) is 5.10 Å². The highest BCUT2D eigenvalue weighted by molar-refractivity contribution is 5.21. The second-order valence-electron chi connectivity index (χ2n) is 3.19. The Bertz CT molecular complexity index is 302. The topological polar surface area (TPSA) is 69.4 Å². The van der Waals surface area contributed by atoms with E-state index < -0.39 is 0 Å². The van der Waals surface area contributed by atoms with Crippen LogP contribution in [-0.2, 0) is 9.47 Å². The highest BCUT2D eigenvalue weighted by atomic mass is 16.5. The van der Waals surface area contributed by atoms with Crippen LogP contribution >= 0.6 is 0 Å². The molecule has 6 nitrogen and oxygen atoms in total. The number of aromatic nitrogens is 2. The van der Waals surface area contributed by atoms with Gasteiger partial charge in [-0.3, -0.25) is 0 Å². The molecule has 1 aliphatic rings. The van der Waals surface area contributed by atoms with Gasteiger partial charge in [0.15, 0.2) is 0 Å². The lowest BCUT2D eigenvalue weighted by Gasteiger charge is -2.15. The summed E-state index contributed by atoms with van der Waals surface area (Å²) in [5.41, 5.74) is 0. The molecular formula is C8H13N3O3. The fourth-order valence-corrected chi connectivity index (χ4v) is 1.42. The zero-order valence-electron chi connectivity index (χ0n) is 8.19. The maximum Gasteiger partial charge on any atom is 0.315 e. The molecule has 1 saturated heterocycles. The largest absolute Gasteiger partial charge is 0.408 e. The van der Waals surface area contributed by atoms with Crippen molar-refractivity contribution in [1.82, 2.24) is 10.2 Å². The summed E-state index contributed by atoms with van der Waals surface area (Å²) in [6.07, 6.45) is 0.0437. The van der Waals surface area contributed by atoms with Gasteiger partial charge in [0.25, 0.3) is 0 Å². The van der Waals surface area contributed by atoms with E-state index in [1.165, 1.54) is 0 Å². The molecule has 0 bridgehead atoms. The van der Waals surface area contributed by atoms with Crippen molar-refractivity contribution in [3.05, 3.63) is 5.89 Å². The number of nitrogens with zero attached hydrogens (tertiary/aromatic N) is 2. The minimum absolute atomic E-state index is 0.0437. The molecule has 78 valence electrons. The molecule has 1 aliphatic heterocycles. The molecule has 2 rings (SSSR count). The molecule has 1 aromatic heterocycles. The van der Waals surface area contributed by atoms with Crippen LogP contribution in [-0.4, -0.2) is 42.7 Å². The minimum atomic E-state index is 0.0437. The Morgan fingerprint density at radius 2 is 2.29 bits per heavy atom. The Kier molecular flexibility index (Phi) is 2.64. The van der Waals surface area contributed by atoms with Crippen LogP contribution in [0.1, 0.15) is 5.89 Å². The highest BCUT2D eigenvalue weighted by Gasteiger charge is 2.29. The molecule has 6 heteroatoms. The van der Waals surface area contributed by atoms with E-state index in [0.29, 0.717) is 25.1 Å². The van der Waals surface area contributed by atoms with Crippen LogP contribution in [0.4, 0.5) is 6.01 Å². The zero-order valence-corrected chi connectivity index (χ0v) is 8.19. The molecule has 0 saturated carbocycles. The van der Waals surface area contributed by atoms with Crippen molar-refractivity contribution >= 4 is 6.01 Å². The Labute approximate surface area is 81.6 Å². The standard InChI is InChI=1S/C8H13N3O3/c1-5-10-11-8(14-5)9-6-3-13-4-7(6)12-2/h6-7H,3-4H2,1-2H3,(H,9,11)/t6-,7-/m0/s1. The molecule has 14 heavy (non-hydrogen) atoms. The van der Waals surface area contributed by atoms with Crippen LogP contribution in [0.25, 0.3) is 0 Å². The van der Waals surface area contributed by atoms with Crippen LogP contribution in [0.15, 0.2) is 4.42 Å². The average molecular weight is 199 g/mol. The summed E-state index contributed by atoms with van der Waals surface area (Å²) in [5, 5.41) is 10.6. The fourth-order valence-electron chi connectivity index (χ4n) is 1.42. The molecule has 0 amide bonds. The first-order chi connectivity index (χ1) is 6.79. The zero-order chi connectivity index (χ0) is 9.97. The van der Waals surface area contributed by atoms with Gasteiger partial charge in [-0.2, -0.15) is 0 Å². The van der Waals surface area contributed by atoms with E-state index in [1.54, 1.807) is 14.0 Å². The third-order valence-corrected chi connectivity index (χ3v) is 2.17. The van der Waals surface area contributed by atoms with Crippen molar-refractivity contribution < 1.29 is 13.9 Å². The first-order valence-electron chi connectivity index (χ1n) is 4.47. The monoisotopic (exact) mass is 199 g/mol. The van der Waals surface area contributed by atoms with Gasteiger partial charge in [0, 0.05) is 14.0 Å². The Morgan fingerprint density at radius 1 is 1.43 bits per heavy atom. The molecule has 0 spiro atoms. The quantitative estimate of drug-likeness (QED) is 0.750. The number of anilines is 1. The Hall–Kier alpha value is -1.14. The van der Waals surface area contributed by atoms with E-state index in [2.05, 4.69) is 15.5 Å². The van der Waals surface area contributed by atoms with Gasteiger partial charge < -0.3 is 19.2 Å². The van der Waals surface area contributed by atoms with Crippen molar-refractivity contribution in [3.63, 3.8) is 0 Å². The molecular weight excluding hydrogens is 186 g/mol. The maximum absolute atomic E-state index is 5.26. The molecule has 1 N–H and O–H groups in total. The molecule has 0 aliphatic carbocycles. The first-order valence-corrected chi connectivity index (χ1v) is 4.47. The first kappa shape index (κ1) is 9.42. The van der Waals surface area contributed by atoms with Gasteiger partial charge in [0.1, 0.15) is 6.10 Å². The predicted molar refractivity (Wildman–Crippen MR) is 48.1 cm³/mol. The van der Waals surface area contributed by atoms with Crippen molar-refractivity contribution in [2.45, 2.75) is 19.1 Å². The lowest BCUT2D eigenvalue weighted by molar-refractivity contribution is 0.0793. The Balaban J connectivity index is 1.96. The third kappa shape index (κ3) is 1.85. The Morgan fingerprint density at radius 3 is 2.93 bits per heavy atom. The van der Waals surface area contributed by atoms with Crippen molar-refractivity contribution in [1.29, 1.82) is 0 Å². The van der Waals surface area contributed by atoms with E-state index in [-0.39, 0.29) is 12.1 Å². The van der Waals surface area contributed by atoms with E-state index in [4.69, 9.17) is 13.9 Å². The summed E-state index contributed by atoms with van der Waals surface area (Å²) in [5.74, 6) is 0.542. The van der Waals surface area contributed by atoms with Crippen molar-refractivity contribution in [2.24, 2.45) is 0 Å². The van der Waals surface area contributed by atoms with Gasteiger partial charge in [0.2, 0.25) is 5.89 Å². The summed E-state index contributed by atoms with van der Waals surface area (Å²) in [4.78, 5) is 0. The molecule has 0 unspecified atom stereocenters. The van der Waals surface area contributed by atoms with Crippen molar-refractivity contribution in [3.8, 4) is 0 Å². The van der Waals surface area contributed by atoms with Gasteiger partial charge in [-0.25, -0.2) is 0 Å². The van der Waals surface area contributed by atoms with Crippen LogP contribution in [0, 0.1) is 6.92 Å². The van der Waals surface area contributed by atoms with Crippen molar-refractivity contribution in [2.75, 3.05) is 25.6 Å². The van der Waals surface area contributed by atoms with Crippen LogP contribution in [0.3, 0.4) is 0 Å². The molecule has 1 aromatic rings. The highest BCUT2D eigenvalue weighted by Crippen LogP contribution is 2.14.